The van der Waals surface area contributed by atoms with Crippen LogP contribution in [-0.4, -0.2) is 6.36 Å². The number of hydrogen-bond acceptors (Lipinski definition) is 1. The fraction of sp³-hybridized carbons (Fsp3) is 0.0714. The van der Waals surface area contributed by atoms with E-state index in [-0.39, 0.29) is 5.75 Å². The molecule has 0 bridgehead atoms. The maximum Gasteiger partial charge on any atom is 0.573 e. The molecule has 0 aliphatic carbocycles. The third-order valence-corrected chi connectivity index (χ3v) is 2.35. The van der Waals surface area contributed by atoms with Gasteiger partial charge in [-0.05, 0) is 35.7 Å². The first-order valence-electron chi connectivity index (χ1n) is 5.22. The van der Waals surface area contributed by atoms with Gasteiger partial charge in [-0.1, -0.05) is 36.4 Å². The third kappa shape index (κ3) is 3.26. The standard InChI is InChI=1S/C14H10F3O/c1-10-5-7-11(8-6-10)12-3-2-4-13(9-12)18-14(15,16)17/h2-9H,1H2. The van der Waals surface area contributed by atoms with E-state index in [0.717, 1.165) is 11.1 Å². The van der Waals surface area contributed by atoms with Gasteiger partial charge in [0, 0.05) is 0 Å². The molecule has 18 heavy (non-hydrogen) atoms. The van der Waals surface area contributed by atoms with Crippen molar-refractivity contribution in [2.45, 2.75) is 6.36 Å². The number of rotatable bonds is 2. The van der Waals surface area contributed by atoms with Crippen molar-refractivity contribution in [2.24, 2.45) is 0 Å². The molecule has 2 aromatic rings. The number of hydrogen-bond donors (Lipinski definition) is 0. The molecule has 0 saturated heterocycles. The second kappa shape index (κ2) is 4.72. The van der Waals surface area contributed by atoms with Crippen LogP contribution in [0.25, 0.3) is 11.1 Å². The van der Waals surface area contributed by atoms with E-state index in [1.54, 1.807) is 30.3 Å². The Bertz CT molecular complexity index is 529. The number of halogens is 3. The average Bonchev–Trinajstić information content (AvgIpc) is 2.28. The highest BCUT2D eigenvalue weighted by Crippen LogP contribution is 2.27. The zero-order chi connectivity index (χ0) is 13.2. The molecule has 1 radical (unpaired) electrons. The van der Waals surface area contributed by atoms with Gasteiger partial charge >= 0.3 is 6.36 Å². The summed E-state index contributed by atoms with van der Waals surface area (Å²) in [4.78, 5) is 0. The van der Waals surface area contributed by atoms with E-state index < -0.39 is 6.36 Å². The summed E-state index contributed by atoms with van der Waals surface area (Å²) in [5.74, 6) is -0.223. The van der Waals surface area contributed by atoms with Gasteiger partial charge in [-0.3, -0.25) is 0 Å². The molecule has 0 aromatic heterocycles. The van der Waals surface area contributed by atoms with Gasteiger partial charge in [0.25, 0.3) is 0 Å². The highest BCUT2D eigenvalue weighted by Gasteiger charge is 2.31. The monoisotopic (exact) mass is 251 g/mol. The van der Waals surface area contributed by atoms with E-state index in [1.165, 1.54) is 18.2 Å². The first kappa shape index (κ1) is 12.5. The molecule has 0 heterocycles. The molecule has 0 N–H and O–H groups in total. The molecule has 0 saturated carbocycles. The Hall–Kier alpha value is -1.97. The molecule has 1 nitrogen and oxygen atoms in total. The van der Waals surface area contributed by atoms with Crippen LogP contribution in [-0.2, 0) is 0 Å². The van der Waals surface area contributed by atoms with Crippen LogP contribution in [0.3, 0.4) is 0 Å². The second-order valence-electron chi connectivity index (χ2n) is 3.77. The summed E-state index contributed by atoms with van der Waals surface area (Å²) >= 11 is 0. The van der Waals surface area contributed by atoms with Gasteiger partial charge in [-0.15, -0.1) is 13.2 Å². The van der Waals surface area contributed by atoms with Crippen LogP contribution in [0.5, 0.6) is 5.75 Å². The maximum atomic E-state index is 12.1. The molecular formula is C14H10F3O. The van der Waals surface area contributed by atoms with Crippen LogP contribution in [0, 0.1) is 6.92 Å². The molecule has 0 aliphatic rings. The van der Waals surface area contributed by atoms with Crippen LogP contribution in [0.2, 0.25) is 0 Å². The topological polar surface area (TPSA) is 9.23 Å². The lowest BCUT2D eigenvalue weighted by atomic mass is 10.0. The lowest BCUT2D eigenvalue weighted by Gasteiger charge is -2.10. The quantitative estimate of drug-likeness (QED) is 0.767. The first-order valence-corrected chi connectivity index (χ1v) is 5.22. The first-order chi connectivity index (χ1) is 8.44. The molecular weight excluding hydrogens is 241 g/mol. The zero-order valence-electron chi connectivity index (χ0n) is 9.37. The molecule has 0 fully saturated rings. The van der Waals surface area contributed by atoms with E-state index in [0.29, 0.717) is 5.56 Å². The normalized spacial score (nSPS) is 11.3. The smallest absolute Gasteiger partial charge is 0.406 e. The van der Waals surface area contributed by atoms with Gasteiger partial charge in [-0.2, -0.15) is 0 Å². The van der Waals surface area contributed by atoms with Crippen LogP contribution in [0.15, 0.2) is 48.5 Å². The maximum absolute atomic E-state index is 12.1. The average molecular weight is 251 g/mol. The lowest BCUT2D eigenvalue weighted by molar-refractivity contribution is -0.274. The summed E-state index contributed by atoms with van der Waals surface area (Å²) in [5.41, 5.74) is 2.33. The van der Waals surface area contributed by atoms with Gasteiger partial charge in [0.2, 0.25) is 0 Å². The van der Waals surface area contributed by atoms with E-state index in [2.05, 4.69) is 11.7 Å². The summed E-state index contributed by atoms with van der Waals surface area (Å²) in [5, 5.41) is 0. The lowest BCUT2D eigenvalue weighted by Crippen LogP contribution is -2.17. The van der Waals surface area contributed by atoms with E-state index in [1.807, 2.05) is 0 Å². The molecule has 93 valence electrons. The summed E-state index contributed by atoms with van der Waals surface area (Å²) in [6, 6.07) is 13.1. The Morgan fingerprint density at radius 2 is 1.56 bits per heavy atom. The predicted molar refractivity (Wildman–Crippen MR) is 63.0 cm³/mol. The minimum Gasteiger partial charge on any atom is -0.406 e. The summed E-state index contributed by atoms with van der Waals surface area (Å²) in [6.07, 6.45) is -4.67. The fourth-order valence-corrected chi connectivity index (χ4v) is 1.57. The molecule has 0 atom stereocenters. The highest BCUT2D eigenvalue weighted by atomic mass is 19.4. The Kier molecular flexibility index (Phi) is 3.28. The Morgan fingerprint density at radius 1 is 0.889 bits per heavy atom. The van der Waals surface area contributed by atoms with Crippen molar-refractivity contribution in [1.82, 2.24) is 0 Å². The van der Waals surface area contributed by atoms with Crippen LogP contribution in [0.1, 0.15) is 5.56 Å². The molecule has 0 spiro atoms. The number of benzene rings is 2. The van der Waals surface area contributed by atoms with Crippen molar-refractivity contribution in [2.75, 3.05) is 0 Å². The van der Waals surface area contributed by atoms with Crippen molar-refractivity contribution in [3.63, 3.8) is 0 Å². The highest BCUT2D eigenvalue weighted by molar-refractivity contribution is 5.65. The van der Waals surface area contributed by atoms with Crippen molar-refractivity contribution < 1.29 is 17.9 Å². The Balaban J connectivity index is 2.29. The molecule has 0 unspecified atom stereocenters. The summed E-state index contributed by atoms with van der Waals surface area (Å²) in [7, 11) is 0. The molecule has 2 aromatic carbocycles. The summed E-state index contributed by atoms with van der Waals surface area (Å²) in [6.45, 7) is 3.75. The van der Waals surface area contributed by atoms with Gasteiger partial charge in [0.05, 0.1) is 0 Å². The SMILES string of the molecule is [CH2]c1ccc(-c2cccc(OC(F)(F)F)c2)cc1. The van der Waals surface area contributed by atoms with Crippen molar-refractivity contribution in [3.8, 4) is 16.9 Å². The van der Waals surface area contributed by atoms with E-state index in [9.17, 15) is 13.2 Å². The van der Waals surface area contributed by atoms with Crippen LogP contribution < -0.4 is 4.74 Å². The summed E-state index contributed by atoms with van der Waals surface area (Å²) < 4.78 is 40.2. The number of ether oxygens (including phenoxy) is 1. The molecule has 4 heteroatoms. The Labute approximate surface area is 103 Å². The van der Waals surface area contributed by atoms with Crippen LogP contribution in [0.4, 0.5) is 13.2 Å². The predicted octanol–water partition coefficient (Wildman–Crippen LogP) is 4.43. The Morgan fingerprint density at radius 3 is 2.17 bits per heavy atom. The minimum atomic E-state index is -4.67. The van der Waals surface area contributed by atoms with E-state index in [4.69, 9.17) is 0 Å². The third-order valence-electron chi connectivity index (χ3n) is 2.35. The molecule has 0 amide bonds. The van der Waals surface area contributed by atoms with E-state index >= 15 is 0 Å². The van der Waals surface area contributed by atoms with Crippen LogP contribution >= 0.6 is 0 Å². The van der Waals surface area contributed by atoms with Crippen molar-refractivity contribution in [1.29, 1.82) is 0 Å². The largest absolute Gasteiger partial charge is 0.573 e. The van der Waals surface area contributed by atoms with Gasteiger partial charge < -0.3 is 4.74 Å². The molecule has 2 rings (SSSR count). The second-order valence-corrected chi connectivity index (χ2v) is 3.77. The zero-order valence-corrected chi connectivity index (χ0v) is 9.37. The fourth-order valence-electron chi connectivity index (χ4n) is 1.57. The van der Waals surface area contributed by atoms with Gasteiger partial charge in [0.1, 0.15) is 5.75 Å². The number of alkyl halides is 3. The van der Waals surface area contributed by atoms with Gasteiger partial charge in [-0.25, -0.2) is 0 Å². The van der Waals surface area contributed by atoms with Crippen molar-refractivity contribution >= 4 is 0 Å². The van der Waals surface area contributed by atoms with Crippen molar-refractivity contribution in [3.05, 3.63) is 61.0 Å². The van der Waals surface area contributed by atoms with Gasteiger partial charge in [0.15, 0.2) is 0 Å². The molecule has 0 aliphatic heterocycles. The minimum absolute atomic E-state index is 0.223.